The number of alkyl halides is 1. The van der Waals surface area contributed by atoms with Crippen LogP contribution in [0, 0.1) is 6.92 Å². The van der Waals surface area contributed by atoms with Crippen molar-refractivity contribution >= 4 is 28.7 Å². The zero-order chi connectivity index (χ0) is 12.4. The Labute approximate surface area is 103 Å². The number of ether oxygens (including phenoxy) is 1. The average Bonchev–Trinajstić information content (AvgIpc) is 2.67. The molecule has 90 valence electrons. The van der Waals surface area contributed by atoms with E-state index < -0.39 is 0 Å². The van der Waals surface area contributed by atoms with E-state index in [0.29, 0.717) is 11.5 Å². The van der Waals surface area contributed by atoms with Crippen LogP contribution in [0.15, 0.2) is 12.1 Å². The number of nitrogens with zero attached hydrogens (tertiary/aromatic N) is 3. The van der Waals surface area contributed by atoms with Crippen LogP contribution in [-0.4, -0.2) is 27.6 Å². The molecule has 0 spiro atoms. The van der Waals surface area contributed by atoms with Crippen LogP contribution in [0.4, 0.5) is 0 Å². The van der Waals surface area contributed by atoms with Gasteiger partial charge in [0.15, 0.2) is 5.65 Å². The Balaban J connectivity index is 2.56. The van der Waals surface area contributed by atoms with E-state index >= 15 is 0 Å². The van der Waals surface area contributed by atoms with Crippen LogP contribution in [0.3, 0.4) is 0 Å². The molecule has 0 aliphatic carbocycles. The summed E-state index contributed by atoms with van der Waals surface area (Å²) in [5.41, 5.74) is 2.26. The second kappa shape index (κ2) is 4.71. The molecular weight excluding hydrogens is 242 g/mol. The number of aromatic nitrogens is 3. The standard InChI is InChI=1S/C11H12ClN3O2/c1-7-3-4-8-11(13-7)15(6-10(16)17-2)9(5-12)14-8/h3-4H,5-6H2,1-2H3. The number of hydrogen-bond acceptors (Lipinski definition) is 4. The fourth-order valence-corrected chi connectivity index (χ4v) is 1.81. The van der Waals surface area contributed by atoms with Gasteiger partial charge in [-0.15, -0.1) is 11.6 Å². The predicted molar refractivity (Wildman–Crippen MR) is 63.8 cm³/mol. The van der Waals surface area contributed by atoms with Gasteiger partial charge in [-0.3, -0.25) is 4.79 Å². The van der Waals surface area contributed by atoms with Crippen molar-refractivity contribution < 1.29 is 9.53 Å². The monoisotopic (exact) mass is 253 g/mol. The highest BCUT2D eigenvalue weighted by molar-refractivity contribution is 6.16. The molecule has 2 heterocycles. The van der Waals surface area contributed by atoms with E-state index in [1.165, 1.54) is 7.11 Å². The summed E-state index contributed by atoms with van der Waals surface area (Å²) in [7, 11) is 1.35. The predicted octanol–water partition coefficient (Wildman–Crippen LogP) is 1.65. The van der Waals surface area contributed by atoms with Crippen molar-refractivity contribution in [3.05, 3.63) is 23.7 Å². The number of esters is 1. The van der Waals surface area contributed by atoms with Crippen molar-refractivity contribution in [3.8, 4) is 0 Å². The highest BCUT2D eigenvalue weighted by Gasteiger charge is 2.14. The summed E-state index contributed by atoms with van der Waals surface area (Å²) in [6.07, 6.45) is 0. The number of hydrogen-bond donors (Lipinski definition) is 0. The highest BCUT2D eigenvalue weighted by Crippen LogP contribution is 2.16. The largest absolute Gasteiger partial charge is 0.468 e. The van der Waals surface area contributed by atoms with Gasteiger partial charge in [0, 0.05) is 5.69 Å². The Morgan fingerprint density at radius 1 is 1.47 bits per heavy atom. The zero-order valence-corrected chi connectivity index (χ0v) is 10.4. The number of imidazole rings is 1. The minimum Gasteiger partial charge on any atom is -0.468 e. The number of fused-ring (bicyclic) bond motifs is 1. The molecule has 0 aliphatic heterocycles. The van der Waals surface area contributed by atoms with Crippen molar-refractivity contribution in [1.29, 1.82) is 0 Å². The Morgan fingerprint density at radius 2 is 2.24 bits per heavy atom. The van der Waals surface area contributed by atoms with Gasteiger partial charge >= 0.3 is 5.97 Å². The van der Waals surface area contributed by atoms with E-state index in [-0.39, 0.29) is 18.4 Å². The third-order valence-corrected chi connectivity index (χ3v) is 2.68. The van der Waals surface area contributed by atoms with Crippen LogP contribution >= 0.6 is 11.6 Å². The summed E-state index contributed by atoms with van der Waals surface area (Å²) >= 11 is 5.81. The Bertz CT molecular complexity index is 565. The minimum absolute atomic E-state index is 0.0749. The summed E-state index contributed by atoms with van der Waals surface area (Å²) < 4.78 is 6.33. The van der Waals surface area contributed by atoms with E-state index in [1.807, 2.05) is 19.1 Å². The number of methoxy groups -OCH3 is 1. The van der Waals surface area contributed by atoms with Gasteiger partial charge in [-0.2, -0.15) is 0 Å². The summed E-state index contributed by atoms with van der Waals surface area (Å²) in [5.74, 6) is 0.496. The summed E-state index contributed by atoms with van der Waals surface area (Å²) in [6, 6.07) is 3.73. The molecule has 2 rings (SSSR count). The number of pyridine rings is 1. The Morgan fingerprint density at radius 3 is 2.88 bits per heavy atom. The van der Waals surface area contributed by atoms with Crippen LogP contribution in [0.25, 0.3) is 11.2 Å². The quantitative estimate of drug-likeness (QED) is 0.617. The first kappa shape index (κ1) is 11.9. The molecule has 0 aliphatic rings. The van der Waals surface area contributed by atoms with Gasteiger partial charge in [-0.25, -0.2) is 9.97 Å². The van der Waals surface area contributed by atoms with Gasteiger partial charge in [-0.1, -0.05) is 0 Å². The highest BCUT2D eigenvalue weighted by atomic mass is 35.5. The lowest BCUT2D eigenvalue weighted by molar-refractivity contribution is -0.141. The molecule has 6 heteroatoms. The van der Waals surface area contributed by atoms with Crippen LogP contribution in [-0.2, 0) is 22.0 Å². The molecule has 0 radical (unpaired) electrons. The maximum absolute atomic E-state index is 11.3. The molecule has 0 unspecified atom stereocenters. The van der Waals surface area contributed by atoms with Gasteiger partial charge in [-0.05, 0) is 19.1 Å². The molecule has 2 aromatic rings. The smallest absolute Gasteiger partial charge is 0.325 e. The van der Waals surface area contributed by atoms with E-state index in [9.17, 15) is 4.79 Å². The third kappa shape index (κ3) is 2.24. The van der Waals surface area contributed by atoms with Gasteiger partial charge < -0.3 is 9.30 Å². The first-order chi connectivity index (χ1) is 8.15. The Kier molecular flexibility index (Phi) is 3.28. The van der Waals surface area contributed by atoms with Crippen molar-refractivity contribution in [3.63, 3.8) is 0 Å². The van der Waals surface area contributed by atoms with Crippen molar-refractivity contribution in [2.24, 2.45) is 0 Å². The van der Waals surface area contributed by atoms with Gasteiger partial charge in [0.1, 0.15) is 17.9 Å². The second-order valence-electron chi connectivity index (χ2n) is 3.62. The van der Waals surface area contributed by atoms with E-state index in [0.717, 1.165) is 11.2 Å². The number of halogens is 1. The summed E-state index contributed by atoms with van der Waals surface area (Å²) in [5, 5.41) is 0. The molecule has 0 atom stereocenters. The molecule has 0 saturated carbocycles. The zero-order valence-electron chi connectivity index (χ0n) is 9.61. The molecule has 0 aromatic carbocycles. The molecule has 2 aromatic heterocycles. The normalized spacial score (nSPS) is 10.8. The third-order valence-electron chi connectivity index (χ3n) is 2.44. The number of carbonyl (C=O) groups is 1. The van der Waals surface area contributed by atoms with E-state index in [1.54, 1.807) is 4.57 Å². The Hall–Kier alpha value is -1.62. The van der Waals surface area contributed by atoms with Crippen LogP contribution < -0.4 is 0 Å². The first-order valence-corrected chi connectivity index (χ1v) is 5.64. The maximum atomic E-state index is 11.3. The lowest BCUT2D eigenvalue weighted by atomic mass is 10.3. The molecule has 5 nitrogen and oxygen atoms in total. The second-order valence-corrected chi connectivity index (χ2v) is 3.89. The van der Waals surface area contributed by atoms with E-state index in [4.69, 9.17) is 11.6 Å². The van der Waals surface area contributed by atoms with Crippen molar-refractivity contribution in [2.75, 3.05) is 7.11 Å². The van der Waals surface area contributed by atoms with Crippen molar-refractivity contribution in [2.45, 2.75) is 19.3 Å². The van der Waals surface area contributed by atoms with Gasteiger partial charge in [0.05, 0.1) is 13.0 Å². The number of aryl methyl sites for hydroxylation is 1. The lowest BCUT2D eigenvalue weighted by Crippen LogP contribution is -2.14. The SMILES string of the molecule is COC(=O)Cn1c(CCl)nc2ccc(C)nc21. The summed E-state index contributed by atoms with van der Waals surface area (Å²) in [6.45, 7) is 1.96. The van der Waals surface area contributed by atoms with Gasteiger partial charge in [0.2, 0.25) is 0 Å². The fourth-order valence-electron chi connectivity index (χ4n) is 1.61. The molecule has 0 N–H and O–H groups in total. The summed E-state index contributed by atoms with van der Waals surface area (Å²) in [4.78, 5) is 20.0. The van der Waals surface area contributed by atoms with Crippen molar-refractivity contribution in [1.82, 2.24) is 14.5 Å². The van der Waals surface area contributed by atoms with Crippen LogP contribution in [0.5, 0.6) is 0 Å². The maximum Gasteiger partial charge on any atom is 0.325 e. The number of carbonyl (C=O) groups excluding carboxylic acids is 1. The average molecular weight is 254 g/mol. The van der Waals surface area contributed by atoms with Crippen LogP contribution in [0.2, 0.25) is 0 Å². The van der Waals surface area contributed by atoms with Crippen LogP contribution in [0.1, 0.15) is 11.5 Å². The van der Waals surface area contributed by atoms with E-state index in [2.05, 4.69) is 14.7 Å². The minimum atomic E-state index is -0.348. The lowest BCUT2D eigenvalue weighted by Gasteiger charge is -2.05. The fraction of sp³-hybridized carbons (Fsp3) is 0.364. The molecule has 17 heavy (non-hydrogen) atoms. The molecular formula is C11H12ClN3O2. The number of rotatable bonds is 3. The first-order valence-electron chi connectivity index (χ1n) is 5.11. The molecule has 0 amide bonds. The topological polar surface area (TPSA) is 57.0 Å². The molecule has 0 fully saturated rings. The van der Waals surface area contributed by atoms with Gasteiger partial charge in [0.25, 0.3) is 0 Å². The molecule has 0 bridgehead atoms. The molecule has 0 saturated heterocycles.